The summed E-state index contributed by atoms with van der Waals surface area (Å²) in [6.45, 7) is 8.43. The molecule has 0 bridgehead atoms. The number of imidazole rings is 1. The van der Waals surface area contributed by atoms with Gasteiger partial charge < -0.3 is 4.57 Å². The highest BCUT2D eigenvalue weighted by Gasteiger charge is 2.37. The van der Waals surface area contributed by atoms with E-state index in [2.05, 4.69) is 37.2 Å². The minimum atomic E-state index is -0.433. The maximum atomic E-state index is 14.5. The van der Waals surface area contributed by atoms with Gasteiger partial charge >= 0.3 is 0 Å². The lowest BCUT2D eigenvalue weighted by Gasteiger charge is -2.41. The van der Waals surface area contributed by atoms with E-state index in [9.17, 15) is 14.4 Å². The number of carbonyl (C=O) groups is 1. The van der Waals surface area contributed by atoms with Gasteiger partial charge in [0.05, 0.1) is 17.1 Å². The Morgan fingerprint density at radius 1 is 1.32 bits per heavy atom. The Labute approximate surface area is 166 Å². The number of nitriles is 1. The normalized spacial score (nSPS) is 16.0. The van der Waals surface area contributed by atoms with Crippen LogP contribution in [-0.2, 0) is 16.8 Å². The minimum Gasteiger partial charge on any atom is -0.322 e. The molecule has 1 fully saturated rings. The number of rotatable bonds is 7. The Bertz CT molecular complexity index is 926. The number of aromatic nitrogens is 2. The largest absolute Gasteiger partial charge is 0.322 e. The molecule has 4 nitrogen and oxygen atoms in total. The third-order valence-electron chi connectivity index (χ3n) is 5.72. The molecule has 2 aromatic rings. The zero-order valence-corrected chi connectivity index (χ0v) is 17.4. The molecule has 0 aliphatic heterocycles. The quantitative estimate of drug-likeness (QED) is 0.579. The number of hydrogen-bond acceptors (Lipinski definition) is 3. The van der Waals surface area contributed by atoms with Crippen molar-refractivity contribution in [2.24, 2.45) is 5.41 Å². The van der Waals surface area contributed by atoms with Crippen LogP contribution in [0.2, 0.25) is 0 Å². The van der Waals surface area contributed by atoms with Gasteiger partial charge in [0, 0.05) is 24.8 Å². The second-order valence-corrected chi connectivity index (χ2v) is 9.63. The summed E-state index contributed by atoms with van der Waals surface area (Å²) in [6, 6.07) is 5.07. The molecule has 0 saturated heterocycles. The Balaban J connectivity index is 1.79. The van der Waals surface area contributed by atoms with Crippen LogP contribution in [0.1, 0.15) is 84.0 Å². The number of hydrogen-bond donors (Lipinski definition) is 0. The van der Waals surface area contributed by atoms with Gasteiger partial charge in [-0.2, -0.15) is 5.26 Å². The number of unbranched alkanes of at least 4 members (excludes halogenated alkanes) is 1. The third kappa shape index (κ3) is 4.27. The Morgan fingerprint density at radius 3 is 2.61 bits per heavy atom. The monoisotopic (exact) mass is 383 g/mol. The fourth-order valence-electron chi connectivity index (χ4n) is 4.22. The fourth-order valence-corrected chi connectivity index (χ4v) is 4.22. The molecule has 0 radical (unpaired) electrons. The lowest BCUT2D eigenvalue weighted by molar-refractivity contribution is -0.120. The Hall–Kier alpha value is -2.22. The van der Waals surface area contributed by atoms with E-state index in [0.717, 1.165) is 43.4 Å². The summed E-state index contributed by atoms with van der Waals surface area (Å²) in [7, 11) is 0. The fraction of sp³-hybridized carbons (Fsp3) is 0.609. The first-order valence-corrected chi connectivity index (χ1v) is 10.3. The summed E-state index contributed by atoms with van der Waals surface area (Å²) in [5.74, 6) is 0.739. The van der Waals surface area contributed by atoms with E-state index in [0.29, 0.717) is 36.1 Å². The van der Waals surface area contributed by atoms with Crippen molar-refractivity contribution in [3.8, 4) is 6.07 Å². The molecule has 3 rings (SSSR count). The SMILES string of the molecule is CC(C)(C)CC(=O)CCCCc1nc2c(F)cc(C#N)cc2n1C1(C)CCC1. The lowest BCUT2D eigenvalue weighted by atomic mass is 9.78. The average molecular weight is 384 g/mol. The van der Waals surface area contributed by atoms with Gasteiger partial charge in [0.1, 0.15) is 17.1 Å². The highest BCUT2D eigenvalue weighted by atomic mass is 19.1. The molecule has 0 atom stereocenters. The highest BCUT2D eigenvalue weighted by Crippen LogP contribution is 2.42. The topological polar surface area (TPSA) is 58.7 Å². The predicted molar refractivity (Wildman–Crippen MR) is 109 cm³/mol. The molecule has 1 aromatic carbocycles. The Morgan fingerprint density at radius 2 is 2.04 bits per heavy atom. The van der Waals surface area contributed by atoms with Gasteiger partial charge in [-0.1, -0.05) is 20.8 Å². The summed E-state index contributed by atoms with van der Waals surface area (Å²) in [5.41, 5.74) is 1.36. The van der Waals surface area contributed by atoms with E-state index in [1.54, 1.807) is 6.07 Å². The van der Waals surface area contributed by atoms with Crippen LogP contribution >= 0.6 is 0 Å². The van der Waals surface area contributed by atoms with Crippen LogP contribution in [0.15, 0.2) is 12.1 Å². The number of Topliss-reactive ketones (excluding diaryl/α,β-unsaturated/α-hetero) is 1. The molecule has 150 valence electrons. The number of halogens is 1. The first-order chi connectivity index (χ1) is 13.1. The van der Waals surface area contributed by atoms with Crippen LogP contribution in [0.4, 0.5) is 4.39 Å². The zero-order chi connectivity index (χ0) is 20.5. The molecule has 28 heavy (non-hydrogen) atoms. The second-order valence-electron chi connectivity index (χ2n) is 9.63. The number of benzene rings is 1. The lowest BCUT2D eigenvalue weighted by Crippen LogP contribution is -2.38. The van der Waals surface area contributed by atoms with Crippen molar-refractivity contribution >= 4 is 16.8 Å². The van der Waals surface area contributed by atoms with E-state index in [1.165, 1.54) is 6.07 Å². The predicted octanol–water partition coefficient (Wildman–Crippen LogP) is 5.66. The van der Waals surface area contributed by atoms with Gasteiger partial charge in [-0.05, 0) is 56.6 Å². The number of ketones is 1. The summed E-state index contributed by atoms with van der Waals surface area (Å²) >= 11 is 0. The molecular formula is C23H30FN3O. The van der Waals surface area contributed by atoms with Crippen LogP contribution in [-0.4, -0.2) is 15.3 Å². The number of nitrogens with zero attached hydrogens (tertiary/aromatic N) is 3. The molecule has 0 spiro atoms. The van der Waals surface area contributed by atoms with Gasteiger partial charge in [-0.25, -0.2) is 9.37 Å². The van der Waals surface area contributed by atoms with Crippen LogP contribution in [0.3, 0.4) is 0 Å². The molecule has 0 unspecified atom stereocenters. The van der Waals surface area contributed by atoms with Crippen molar-refractivity contribution in [2.75, 3.05) is 0 Å². The highest BCUT2D eigenvalue weighted by molar-refractivity contribution is 5.79. The van der Waals surface area contributed by atoms with Gasteiger partial charge in [0.25, 0.3) is 0 Å². The van der Waals surface area contributed by atoms with E-state index in [4.69, 9.17) is 0 Å². The van der Waals surface area contributed by atoms with E-state index in [1.807, 2.05) is 6.07 Å². The van der Waals surface area contributed by atoms with Gasteiger partial charge in [-0.3, -0.25) is 4.79 Å². The molecule has 1 aromatic heterocycles. The minimum absolute atomic E-state index is 0.0276. The van der Waals surface area contributed by atoms with E-state index < -0.39 is 5.82 Å². The van der Waals surface area contributed by atoms with Crippen LogP contribution in [0.5, 0.6) is 0 Å². The van der Waals surface area contributed by atoms with Crippen molar-refractivity contribution in [2.45, 2.75) is 84.6 Å². The van der Waals surface area contributed by atoms with Crippen molar-refractivity contribution < 1.29 is 9.18 Å². The standard InChI is InChI=1S/C23H30FN3O/c1-22(2,3)14-17(28)8-5-6-9-20-26-21-18(24)12-16(15-25)13-19(21)27(20)23(4)10-7-11-23/h12-13H,5-11,14H2,1-4H3. The number of fused-ring (bicyclic) bond motifs is 1. The molecule has 1 saturated carbocycles. The molecule has 5 heteroatoms. The second kappa shape index (κ2) is 7.66. The van der Waals surface area contributed by atoms with Gasteiger partial charge in [0.2, 0.25) is 0 Å². The molecule has 1 heterocycles. The van der Waals surface area contributed by atoms with Crippen molar-refractivity contribution in [1.29, 1.82) is 5.26 Å². The Kier molecular flexibility index (Phi) is 5.61. The van der Waals surface area contributed by atoms with Crippen LogP contribution in [0, 0.1) is 22.6 Å². The molecule has 0 N–H and O–H groups in total. The molecule has 0 amide bonds. The first kappa shape index (κ1) is 20.5. The molecular weight excluding hydrogens is 353 g/mol. The summed E-state index contributed by atoms with van der Waals surface area (Å²) in [6.07, 6.45) is 6.80. The molecule has 1 aliphatic carbocycles. The summed E-state index contributed by atoms with van der Waals surface area (Å²) in [4.78, 5) is 16.7. The van der Waals surface area contributed by atoms with Crippen molar-refractivity contribution in [1.82, 2.24) is 9.55 Å². The molecule has 1 aliphatic rings. The van der Waals surface area contributed by atoms with Crippen molar-refractivity contribution in [3.63, 3.8) is 0 Å². The van der Waals surface area contributed by atoms with Crippen LogP contribution < -0.4 is 0 Å². The van der Waals surface area contributed by atoms with Crippen molar-refractivity contribution in [3.05, 3.63) is 29.3 Å². The number of carbonyl (C=O) groups excluding carboxylic acids is 1. The average Bonchev–Trinajstić information content (AvgIpc) is 2.94. The van der Waals surface area contributed by atoms with E-state index >= 15 is 0 Å². The van der Waals surface area contributed by atoms with Gasteiger partial charge in [-0.15, -0.1) is 0 Å². The van der Waals surface area contributed by atoms with E-state index in [-0.39, 0.29) is 11.0 Å². The van der Waals surface area contributed by atoms with Crippen LogP contribution in [0.25, 0.3) is 11.0 Å². The zero-order valence-electron chi connectivity index (χ0n) is 17.4. The summed E-state index contributed by atoms with van der Waals surface area (Å²) < 4.78 is 16.7. The summed E-state index contributed by atoms with van der Waals surface area (Å²) in [5, 5.41) is 9.22. The smallest absolute Gasteiger partial charge is 0.152 e. The number of aryl methyl sites for hydroxylation is 1. The maximum absolute atomic E-state index is 14.5. The maximum Gasteiger partial charge on any atom is 0.152 e. The van der Waals surface area contributed by atoms with Gasteiger partial charge in [0.15, 0.2) is 5.82 Å². The first-order valence-electron chi connectivity index (χ1n) is 10.3. The third-order valence-corrected chi connectivity index (χ3v) is 5.72.